The Labute approximate surface area is 146 Å². The first kappa shape index (κ1) is 16.1. The smallest absolute Gasteiger partial charge is 0.336 e. The monoisotopic (exact) mass is 341 g/mol. The molecular weight excluding hydrogens is 318 g/mol. The Bertz CT molecular complexity index is 885. The number of nitrogens with zero attached hydrogens (tertiary/aromatic N) is 1. The number of rotatable bonds is 1. The van der Waals surface area contributed by atoms with Gasteiger partial charge in [-0.25, -0.2) is 9.59 Å². The number of urea groups is 1. The van der Waals surface area contributed by atoms with Gasteiger partial charge in [0.1, 0.15) is 5.58 Å². The summed E-state index contributed by atoms with van der Waals surface area (Å²) in [6.07, 6.45) is 2.25. The number of hydrogen-bond acceptors (Lipinski definition) is 4. The molecule has 0 radical (unpaired) electrons. The van der Waals surface area contributed by atoms with Crippen LogP contribution in [-0.4, -0.2) is 36.6 Å². The highest BCUT2D eigenvalue weighted by Crippen LogP contribution is 2.28. The van der Waals surface area contributed by atoms with E-state index in [0.29, 0.717) is 11.5 Å². The van der Waals surface area contributed by atoms with E-state index in [2.05, 4.69) is 10.6 Å². The van der Waals surface area contributed by atoms with Crippen LogP contribution in [0.5, 0.6) is 0 Å². The van der Waals surface area contributed by atoms with Gasteiger partial charge in [-0.3, -0.25) is 0 Å². The Morgan fingerprint density at radius 1 is 1.20 bits per heavy atom. The molecule has 3 saturated heterocycles. The summed E-state index contributed by atoms with van der Waals surface area (Å²) in [6, 6.07) is 5.41. The first-order chi connectivity index (χ1) is 12.0. The predicted octanol–water partition coefficient (Wildman–Crippen LogP) is 2.63. The van der Waals surface area contributed by atoms with Gasteiger partial charge in [0.05, 0.1) is 0 Å². The Morgan fingerprint density at radius 3 is 2.88 bits per heavy atom. The molecular formula is C19H23N3O3. The van der Waals surface area contributed by atoms with E-state index in [4.69, 9.17) is 4.42 Å². The second-order valence-electron chi connectivity index (χ2n) is 7.25. The van der Waals surface area contributed by atoms with Gasteiger partial charge in [-0.2, -0.15) is 0 Å². The van der Waals surface area contributed by atoms with Gasteiger partial charge in [0.25, 0.3) is 0 Å². The molecule has 2 amide bonds. The first-order valence-electron chi connectivity index (χ1n) is 8.84. The van der Waals surface area contributed by atoms with Crippen molar-refractivity contribution in [1.82, 2.24) is 10.2 Å². The zero-order chi connectivity index (χ0) is 17.6. The Hall–Kier alpha value is -2.34. The van der Waals surface area contributed by atoms with Crippen LogP contribution in [0.25, 0.3) is 11.0 Å². The van der Waals surface area contributed by atoms with Crippen LogP contribution >= 0.6 is 0 Å². The van der Waals surface area contributed by atoms with Gasteiger partial charge in [-0.1, -0.05) is 0 Å². The molecule has 0 unspecified atom stereocenters. The van der Waals surface area contributed by atoms with Gasteiger partial charge in [-0.05, 0) is 62.4 Å². The number of carbonyl (C=O) groups is 1. The second-order valence-corrected chi connectivity index (χ2v) is 7.25. The lowest BCUT2D eigenvalue weighted by Gasteiger charge is -2.36. The minimum atomic E-state index is -0.353. The summed E-state index contributed by atoms with van der Waals surface area (Å²) in [7, 11) is 0. The van der Waals surface area contributed by atoms with E-state index in [-0.39, 0.29) is 17.7 Å². The number of amides is 2. The fourth-order valence-electron chi connectivity index (χ4n) is 3.97. The third kappa shape index (κ3) is 3.02. The standard InChI is InChI=1S/C19H23N3O3/c1-11-6-18(23)25-17-5-12(2)16(7-15(11)17)21-19(24)22-10-13-3-4-14(22)9-20-8-13/h5-7,13-14,20H,3-4,8-10H2,1-2H3,(H,21,24)/t13-,14+/m0/s1. The van der Waals surface area contributed by atoms with Crippen LogP contribution in [-0.2, 0) is 0 Å². The first-order valence-corrected chi connectivity index (χ1v) is 8.84. The average molecular weight is 341 g/mol. The summed E-state index contributed by atoms with van der Waals surface area (Å²) in [5, 5.41) is 7.36. The number of aryl methyl sites for hydroxylation is 2. The molecule has 25 heavy (non-hydrogen) atoms. The Balaban J connectivity index is 1.63. The number of nitrogens with one attached hydrogen (secondary N) is 2. The summed E-state index contributed by atoms with van der Waals surface area (Å²) < 4.78 is 5.27. The zero-order valence-corrected chi connectivity index (χ0v) is 14.6. The Kier molecular flexibility index (Phi) is 4.00. The largest absolute Gasteiger partial charge is 0.423 e. The zero-order valence-electron chi connectivity index (χ0n) is 14.6. The van der Waals surface area contributed by atoms with E-state index in [1.54, 1.807) is 0 Å². The van der Waals surface area contributed by atoms with E-state index >= 15 is 0 Å². The van der Waals surface area contributed by atoms with Gasteiger partial charge in [0.2, 0.25) is 0 Å². The highest BCUT2D eigenvalue weighted by Gasteiger charge is 2.34. The van der Waals surface area contributed by atoms with E-state index < -0.39 is 0 Å². The fourth-order valence-corrected chi connectivity index (χ4v) is 3.97. The van der Waals surface area contributed by atoms with Crippen LogP contribution in [0.15, 0.2) is 27.4 Å². The van der Waals surface area contributed by atoms with Crippen molar-refractivity contribution in [2.75, 3.05) is 25.0 Å². The molecule has 0 spiro atoms. The number of anilines is 1. The van der Waals surface area contributed by atoms with Crippen molar-refractivity contribution in [3.63, 3.8) is 0 Å². The SMILES string of the molecule is Cc1cc2oc(=O)cc(C)c2cc1NC(=O)N1C[C@H]2CC[C@@H]1CNC2. The molecule has 2 aromatic rings. The maximum atomic E-state index is 12.9. The van der Waals surface area contributed by atoms with Crippen LogP contribution in [0.4, 0.5) is 10.5 Å². The van der Waals surface area contributed by atoms with Crippen LogP contribution in [0, 0.1) is 19.8 Å². The molecule has 1 aromatic carbocycles. The summed E-state index contributed by atoms with van der Waals surface area (Å²) >= 11 is 0. The van der Waals surface area contributed by atoms with Crippen molar-refractivity contribution >= 4 is 22.7 Å². The summed E-state index contributed by atoms with van der Waals surface area (Å²) in [4.78, 5) is 26.4. The van der Waals surface area contributed by atoms with Crippen molar-refractivity contribution < 1.29 is 9.21 Å². The molecule has 3 fully saturated rings. The van der Waals surface area contributed by atoms with Crippen molar-refractivity contribution in [3.05, 3.63) is 39.7 Å². The summed E-state index contributed by atoms with van der Waals surface area (Å²) in [6.45, 7) is 6.45. The summed E-state index contributed by atoms with van der Waals surface area (Å²) in [5.41, 5.74) is 2.70. The molecule has 2 bridgehead atoms. The molecule has 1 aromatic heterocycles. The van der Waals surface area contributed by atoms with Crippen molar-refractivity contribution in [2.45, 2.75) is 32.7 Å². The summed E-state index contributed by atoms with van der Waals surface area (Å²) in [5.74, 6) is 0.540. The molecule has 2 atom stereocenters. The van der Waals surface area contributed by atoms with Gasteiger partial charge < -0.3 is 20.0 Å². The van der Waals surface area contributed by atoms with Crippen LogP contribution in [0.3, 0.4) is 0 Å². The lowest BCUT2D eigenvalue weighted by atomic mass is 9.95. The number of carbonyl (C=O) groups excluding carboxylic acids is 1. The second kappa shape index (κ2) is 6.19. The highest BCUT2D eigenvalue weighted by molar-refractivity contribution is 5.94. The van der Waals surface area contributed by atoms with Crippen molar-refractivity contribution in [1.29, 1.82) is 0 Å². The third-order valence-electron chi connectivity index (χ3n) is 5.42. The van der Waals surface area contributed by atoms with Crippen LogP contribution < -0.4 is 16.3 Å². The third-order valence-corrected chi connectivity index (χ3v) is 5.42. The maximum absolute atomic E-state index is 12.9. The van der Waals surface area contributed by atoms with Crippen LogP contribution in [0.1, 0.15) is 24.0 Å². The minimum absolute atomic E-state index is 0.0455. The highest BCUT2D eigenvalue weighted by atomic mass is 16.4. The van der Waals surface area contributed by atoms with E-state index in [0.717, 1.165) is 48.3 Å². The molecule has 0 aliphatic carbocycles. The van der Waals surface area contributed by atoms with E-state index in [9.17, 15) is 9.59 Å². The molecule has 132 valence electrons. The number of benzene rings is 1. The van der Waals surface area contributed by atoms with Gasteiger partial charge >= 0.3 is 11.7 Å². The number of hydrogen-bond donors (Lipinski definition) is 2. The minimum Gasteiger partial charge on any atom is -0.423 e. The molecule has 6 nitrogen and oxygen atoms in total. The topological polar surface area (TPSA) is 74.6 Å². The molecule has 2 N–H and O–H groups in total. The van der Waals surface area contributed by atoms with E-state index in [1.165, 1.54) is 12.5 Å². The molecule has 5 rings (SSSR count). The van der Waals surface area contributed by atoms with E-state index in [1.807, 2.05) is 30.9 Å². The Morgan fingerprint density at radius 2 is 2.04 bits per heavy atom. The number of fused-ring (bicyclic) bond motifs is 5. The van der Waals surface area contributed by atoms with Gasteiger partial charge in [0, 0.05) is 36.3 Å². The molecule has 4 heterocycles. The van der Waals surface area contributed by atoms with Crippen molar-refractivity contribution in [3.8, 4) is 0 Å². The lowest BCUT2D eigenvalue weighted by Crippen LogP contribution is -2.49. The lowest BCUT2D eigenvalue weighted by molar-refractivity contribution is 0.153. The average Bonchev–Trinajstić information content (AvgIpc) is 2.91. The van der Waals surface area contributed by atoms with Gasteiger partial charge in [-0.15, -0.1) is 0 Å². The number of piperidine rings is 1. The molecule has 6 heteroatoms. The normalized spacial score (nSPS) is 22.9. The molecule has 3 aliphatic heterocycles. The quantitative estimate of drug-likeness (QED) is 0.782. The van der Waals surface area contributed by atoms with Gasteiger partial charge in [0.15, 0.2) is 0 Å². The van der Waals surface area contributed by atoms with Crippen LogP contribution in [0.2, 0.25) is 0 Å². The van der Waals surface area contributed by atoms with Crippen molar-refractivity contribution in [2.24, 2.45) is 5.92 Å². The molecule has 0 saturated carbocycles. The molecule has 3 aliphatic rings. The maximum Gasteiger partial charge on any atom is 0.336 e. The predicted molar refractivity (Wildman–Crippen MR) is 97.1 cm³/mol. The fraction of sp³-hybridized carbons (Fsp3) is 0.474.